The van der Waals surface area contributed by atoms with Crippen LogP contribution in [0.2, 0.25) is 0 Å². The topological polar surface area (TPSA) is 24.5 Å². The van der Waals surface area contributed by atoms with E-state index < -0.39 is 0 Å². The van der Waals surface area contributed by atoms with Crippen LogP contribution in [0, 0.1) is 5.92 Å². The van der Waals surface area contributed by atoms with Gasteiger partial charge in [0.05, 0.1) is 13.2 Å². The highest BCUT2D eigenvalue weighted by atomic mass is 16.5. The molecular weight excluding hydrogens is 200 g/mol. The zero-order valence-electron chi connectivity index (χ0n) is 10.6. The van der Waals surface area contributed by atoms with Crippen molar-refractivity contribution in [1.29, 1.82) is 0 Å². The van der Waals surface area contributed by atoms with Crippen molar-refractivity contribution in [3.8, 4) is 0 Å². The predicted octanol–water partition coefficient (Wildman–Crippen LogP) is 1.49. The number of hydrogen-bond donors (Lipinski definition) is 1. The molecule has 2 aliphatic rings. The molecule has 3 nitrogen and oxygen atoms in total. The molecule has 94 valence electrons. The average molecular weight is 226 g/mol. The van der Waals surface area contributed by atoms with E-state index >= 15 is 0 Å². The van der Waals surface area contributed by atoms with Crippen LogP contribution in [-0.2, 0) is 4.74 Å². The maximum Gasteiger partial charge on any atom is 0.0594 e. The Labute approximate surface area is 99.5 Å². The van der Waals surface area contributed by atoms with Gasteiger partial charge in [0.15, 0.2) is 0 Å². The Morgan fingerprint density at radius 3 is 2.69 bits per heavy atom. The minimum atomic E-state index is 0.758. The third-order valence-corrected chi connectivity index (χ3v) is 3.77. The SMILES string of the molecule is CCC(CC1CC1)NCCN1CCOCC1. The molecule has 3 heteroatoms. The van der Waals surface area contributed by atoms with E-state index in [1.807, 2.05) is 0 Å². The molecule has 1 unspecified atom stereocenters. The molecule has 1 N–H and O–H groups in total. The van der Waals surface area contributed by atoms with E-state index in [9.17, 15) is 0 Å². The lowest BCUT2D eigenvalue weighted by Gasteiger charge is -2.27. The summed E-state index contributed by atoms with van der Waals surface area (Å²) in [6.45, 7) is 8.69. The predicted molar refractivity (Wildman–Crippen MR) is 66.7 cm³/mol. The summed E-state index contributed by atoms with van der Waals surface area (Å²) in [5.74, 6) is 1.04. The van der Waals surface area contributed by atoms with Crippen molar-refractivity contribution in [2.45, 2.75) is 38.6 Å². The number of ether oxygens (including phenoxy) is 1. The fraction of sp³-hybridized carbons (Fsp3) is 1.00. The number of hydrogen-bond acceptors (Lipinski definition) is 3. The first kappa shape index (κ1) is 12.3. The third kappa shape index (κ3) is 4.40. The fourth-order valence-electron chi connectivity index (χ4n) is 2.40. The van der Waals surface area contributed by atoms with Gasteiger partial charge in [0.1, 0.15) is 0 Å². The number of nitrogens with one attached hydrogen (secondary N) is 1. The molecule has 0 spiro atoms. The molecule has 0 aromatic rings. The minimum Gasteiger partial charge on any atom is -0.379 e. The molecule has 1 aliphatic heterocycles. The number of morpholine rings is 1. The zero-order valence-corrected chi connectivity index (χ0v) is 10.6. The van der Waals surface area contributed by atoms with E-state index in [-0.39, 0.29) is 0 Å². The molecule has 2 fully saturated rings. The lowest BCUT2D eigenvalue weighted by molar-refractivity contribution is 0.0380. The van der Waals surface area contributed by atoms with Crippen LogP contribution in [0.3, 0.4) is 0 Å². The maximum atomic E-state index is 5.35. The molecule has 16 heavy (non-hydrogen) atoms. The van der Waals surface area contributed by atoms with Gasteiger partial charge in [0.25, 0.3) is 0 Å². The van der Waals surface area contributed by atoms with Crippen LogP contribution in [0.5, 0.6) is 0 Å². The van der Waals surface area contributed by atoms with Gasteiger partial charge in [-0.05, 0) is 18.8 Å². The normalized spacial score (nSPS) is 24.6. The molecular formula is C13H26N2O. The van der Waals surface area contributed by atoms with E-state index in [4.69, 9.17) is 4.74 Å². The largest absolute Gasteiger partial charge is 0.379 e. The number of rotatable bonds is 7. The molecule has 0 aromatic heterocycles. The van der Waals surface area contributed by atoms with Crippen molar-refractivity contribution in [2.75, 3.05) is 39.4 Å². The Kier molecular flexibility index (Phi) is 5.07. The van der Waals surface area contributed by atoms with Crippen LogP contribution < -0.4 is 5.32 Å². The summed E-state index contributed by atoms with van der Waals surface area (Å²) < 4.78 is 5.35. The molecule has 2 rings (SSSR count). The quantitative estimate of drug-likeness (QED) is 0.712. The molecule has 1 saturated carbocycles. The van der Waals surface area contributed by atoms with Crippen LogP contribution in [0.1, 0.15) is 32.6 Å². The van der Waals surface area contributed by atoms with E-state index in [0.717, 1.165) is 44.8 Å². The molecule has 0 aromatic carbocycles. The summed E-state index contributed by atoms with van der Waals surface area (Å²) in [6, 6.07) is 0.758. The van der Waals surface area contributed by atoms with E-state index in [2.05, 4.69) is 17.1 Å². The molecule has 0 amide bonds. The van der Waals surface area contributed by atoms with Gasteiger partial charge in [-0.25, -0.2) is 0 Å². The molecule has 1 atom stereocenters. The van der Waals surface area contributed by atoms with E-state index in [1.54, 1.807) is 0 Å². The molecule has 1 heterocycles. The molecule has 0 radical (unpaired) electrons. The fourth-order valence-corrected chi connectivity index (χ4v) is 2.40. The van der Waals surface area contributed by atoms with Crippen molar-refractivity contribution in [1.82, 2.24) is 10.2 Å². The van der Waals surface area contributed by atoms with Crippen LogP contribution in [-0.4, -0.2) is 50.3 Å². The average Bonchev–Trinajstić information content (AvgIpc) is 3.13. The van der Waals surface area contributed by atoms with Crippen LogP contribution >= 0.6 is 0 Å². The first-order chi connectivity index (χ1) is 7.88. The molecule has 1 aliphatic carbocycles. The summed E-state index contributed by atoms with van der Waals surface area (Å²) in [7, 11) is 0. The van der Waals surface area contributed by atoms with Gasteiger partial charge >= 0.3 is 0 Å². The Hall–Kier alpha value is -0.120. The summed E-state index contributed by atoms with van der Waals surface area (Å²) in [4.78, 5) is 2.50. The maximum absolute atomic E-state index is 5.35. The van der Waals surface area contributed by atoms with Gasteiger partial charge in [-0.2, -0.15) is 0 Å². The van der Waals surface area contributed by atoms with Gasteiger partial charge in [0, 0.05) is 32.2 Å². The first-order valence-electron chi connectivity index (χ1n) is 6.92. The molecule has 0 bridgehead atoms. The molecule has 1 saturated heterocycles. The van der Waals surface area contributed by atoms with E-state index in [1.165, 1.54) is 32.2 Å². The zero-order chi connectivity index (χ0) is 11.2. The second-order valence-electron chi connectivity index (χ2n) is 5.19. The highest BCUT2D eigenvalue weighted by Gasteiger charge is 2.24. The van der Waals surface area contributed by atoms with E-state index in [0.29, 0.717) is 0 Å². The smallest absolute Gasteiger partial charge is 0.0594 e. The van der Waals surface area contributed by atoms with Gasteiger partial charge in [0.2, 0.25) is 0 Å². The van der Waals surface area contributed by atoms with Crippen molar-refractivity contribution >= 4 is 0 Å². The Balaban J connectivity index is 1.54. The number of nitrogens with zero attached hydrogens (tertiary/aromatic N) is 1. The monoisotopic (exact) mass is 226 g/mol. The Morgan fingerprint density at radius 1 is 1.31 bits per heavy atom. The Bertz CT molecular complexity index is 188. The van der Waals surface area contributed by atoms with Crippen molar-refractivity contribution in [3.05, 3.63) is 0 Å². The van der Waals surface area contributed by atoms with Gasteiger partial charge < -0.3 is 10.1 Å². The first-order valence-corrected chi connectivity index (χ1v) is 6.92. The lowest BCUT2D eigenvalue weighted by atomic mass is 10.1. The van der Waals surface area contributed by atoms with Crippen molar-refractivity contribution in [3.63, 3.8) is 0 Å². The van der Waals surface area contributed by atoms with Gasteiger partial charge in [-0.1, -0.05) is 19.8 Å². The summed E-state index contributed by atoms with van der Waals surface area (Å²) in [5, 5.41) is 3.71. The standard InChI is InChI=1S/C13H26N2O/c1-2-13(11-12-3-4-12)14-5-6-15-7-9-16-10-8-15/h12-14H,2-11H2,1H3. The Morgan fingerprint density at radius 2 is 2.06 bits per heavy atom. The highest BCUT2D eigenvalue weighted by molar-refractivity contribution is 4.79. The van der Waals surface area contributed by atoms with Crippen LogP contribution in [0.4, 0.5) is 0 Å². The third-order valence-electron chi connectivity index (χ3n) is 3.77. The summed E-state index contributed by atoms with van der Waals surface area (Å²) >= 11 is 0. The van der Waals surface area contributed by atoms with Gasteiger partial charge in [-0.15, -0.1) is 0 Å². The summed E-state index contributed by atoms with van der Waals surface area (Å²) in [6.07, 6.45) is 5.63. The van der Waals surface area contributed by atoms with Crippen molar-refractivity contribution < 1.29 is 4.74 Å². The van der Waals surface area contributed by atoms with Gasteiger partial charge in [-0.3, -0.25) is 4.90 Å². The second kappa shape index (κ2) is 6.58. The second-order valence-corrected chi connectivity index (χ2v) is 5.19. The minimum absolute atomic E-state index is 0.758. The highest BCUT2D eigenvalue weighted by Crippen LogP contribution is 2.33. The van der Waals surface area contributed by atoms with Crippen LogP contribution in [0.25, 0.3) is 0 Å². The summed E-state index contributed by atoms with van der Waals surface area (Å²) in [5.41, 5.74) is 0. The van der Waals surface area contributed by atoms with Crippen LogP contribution in [0.15, 0.2) is 0 Å². The van der Waals surface area contributed by atoms with Crippen molar-refractivity contribution in [2.24, 2.45) is 5.92 Å². The lowest BCUT2D eigenvalue weighted by Crippen LogP contribution is -2.42.